The summed E-state index contributed by atoms with van der Waals surface area (Å²) in [5.41, 5.74) is 7.42. The molecular formula is C20H31N6O9PS. The minimum atomic E-state index is -4.11. The fraction of sp³-hybridized carbons (Fsp3) is 0.700. The summed E-state index contributed by atoms with van der Waals surface area (Å²) in [6.45, 7) is 5.81. The van der Waals surface area contributed by atoms with Gasteiger partial charge in [-0.25, -0.2) is 14.4 Å². The van der Waals surface area contributed by atoms with E-state index in [0.717, 1.165) is 23.4 Å². The minimum Gasteiger partial charge on any atom is -0.468 e. The largest absolute Gasteiger partial charge is 0.468 e. The maximum absolute atomic E-state index is 13.3. The first kappa shape index (κ1) is 30.8. The van der Waals surface area contributed by atoms with Crippen molar-refractivity contribution in [2.75, 3.05) is 32.6 Å². The summed E-state index contributed by atoms with van der Waals surface area (Å²) in [4.78, 5) is 52.5. The molecular weight excluding hydrogens is 531 g/mol. The number of aryl methyl sites for hydroxylation is 1. The number of carbonyl (C=O) groups is 2. The monoisotopic (exact) mass is 562 g/mol. The van der Waals surface area contributed by atoms with Gasteiger partial charge in [-0.2, -0.15) is 0 Å². The van der Waals surface area contributed by atoms with Gasteiger partial charge in [0.25, 0.3) is 5.56 Å². The number of hydrogen-bond acceptors (Lipinski definition) is 11. The van der Waals surface area contributed by atoms with Gasteiger partial charge in [0, 0.05) is 34.3 Å². The first-order chi connectivity index (χ1) is 17.3. The number of esters is 1. The van der Waals surface area contributed by atoms with E-state index in [4.69, 9.17) is 19.3 Å². The highest BCUT2D eigenvalue weighted by molar-refractivity contribution is 8.13. The van der Waals surface area contributed by atoms with Gasteiger partial charge in [0.05, 0.1) is 32.5 Å². The van der Waals surface area contributed by atoms with Crippen LogP contribution in [-0.2, 0) is 32.7 Å². The van der Waals surface area contributed by atoms with Crippen LogP contribution in [0.2, 0.25) is 0 Å². The van der Waals surface area contributed by atoms with Gasteiger partial charge in [-0.3, -0.25) is 33.0 Å². The molecule has 15 nitrogen and oxygen atoms in total. The molecule has 1 aliphatic rings. The Kier molecular flexibility index (Phi) is 11.1. The third kappa shape index (κ3) is 9.11. The number of hydrogen-bond donors (Lipinski definition) is 2. The zero-order valence-corrected chi connectivity index (χ0v) is 22.9. The van der Waals surface area contributed by atoms with Gasteiger partial charge in [-0.1, -0.05) is 37.6 Å². The number of rotatable bonds is 12. The number of ether oxygens (including phenoxy) is 2. The van der Waals surface area contributed by atoms with Crippen LogP contribution in [0.3, 0.4) is 0 Å². The van der Waals surface area contributed by atoms with Gasteiger partial charge < -0.3 is 9.47 Å². The SMILES string of the molecule is COC(=O)CNP(=O)(OCCSC(=O)C(C)(C)C)OCC1OC(n2cc(C)c(=O)[nH]c2=O)CC1N=[N+]=[N-]. The Morgan fingerprint density at radius 2 is 2.08 bits per heavy atom. The molecule has 2 heterocycles. The summed E-state index contributed by atoms with van der Waals surface area (Å²) in [5, 5.41) is 5.99. The lowest BCUT2D eigenvalue weighted by molar-refractivity contribution is -0.139. The topological polar surface area (TPSA) is 204 Å². The molecule has 0 radical (unpaired) electrons. The number of azide groups is 1. The predicted molar refractivity (Wildman–Crippen MR) is 134 cm³/mol. The van der Waals surface area contributed by atoms with E-state index in [1.54, 1.807) is 20.8 Å². The van der Waals surface area contributed by atoms with E-state index in [0.29, 0.717) is 0 Å². The van der Waals surface area contributed by atoms with Gasteiger partial charge >= 0.3 is 19.4 Å². The molecule has 2 rings (SSSR count). The molecule has 1 aromatic rings. The van der Waals surface area contributed by atoms with Crippen molar-refractivity contribution in [3.63, 3.8) is 0 Å². The smallest absolute Gasteiger partial charge is 0.406 e. The molecule has 0 amide bonds. The van der Waals surface area contributed by atoms with E-state index in [-0.39, 0.29) is 29.5 Å². The van der Waals surface area contributed by atoms with Crippen LogP contribution in [0.5, 0.6) is 0 Å². The van der Waals surface area contributed by atoms with E-state index >= 15 is 0 Å². The van der Waals surface area contributed by atoms with Crippen molar-refractivity contribution >= 4 is 30.6 Å². The quantitative estimate of drug-likeness (QED) is 0.0941. The Balaban J connectivity index is 2.11. The Labute approximate surface area is 216 Å². The number of nitrogens with zero attached hydrogens (tertiary/aromatic N) is 4. The Morgan fingerprint density at radius 3 is 2.70 bits per heavy atom. The molecule has 0 spiro atoms. The first-order valence-corrected chi connectivity index (χ1v) is 13.7. The maximum Gasteiger partial charge on any atom is 0.406 e. The van der Waals surface area contributed by atoms with Gasteiger partial charge in [-0.15, -0.1) is 0 Å². The van der Waals surface area contributed by atoms with Crippen molar-refractivity contribution < 1.29 is 32.7 Å². The van der Waals surface area contributed by atoms with E-state index in [1.807, 2.05) is 0 Å². The van der Waals surface area contributed by atoms with Crippen LogP contribution in [0.1, 0.15) is 39.0 Å². The highest BCUT2D eigenvalue weighted by atomic mass is 32.2. The van der Waals surface area contributed by atoms with Crippen molar-refractivity contribution in [2.24, 2.45) is 10.5 Å². The zero-order chi connectivity index (χ0) is 27.8. The number of aromatic nitrogens is 2. The molecule has 0 aromatic carbocycles. The molecule has 4 unspecified atom stereocenters. The van der Waals surface area contributed by atoms with Gasteiger partial charge in [-0.05, 0) is 12.5 Å². The third-order valence-corrected chi connectivity index (χ3v) is 7.91. The second-order valence-corrected chi connectivity index (χ2v) is 11.9. The second kappa shape index (κ2) is 13.4. The fourth-order valence-corrected chi connectivity index (χ4v) is 5.23. The summed E-state index contributed by atoms with van der Waals surface area (Å²) in [6, 6.07) is -0.803. The van der Waals surface area contributed by atoms with E-state index in [1.165, 1.54) is 13.1 Å². The standard InChI is InChI=1S/C20H31N6O9PS/c1-12-10-26(19(30)23-17(12)28)15-8-13(24-25-21)14(35-15)11-34-36(31,22-9-16(27)32-5)33-6-7-37-18(29)20(2,3)4/h10,13-15H,6-9,11H2,1-5H3,(H,22,31)(H,23,28,30). The second-order valence-electron chi connectivity index (χ2n) is 9.04. The molecule has 17 heteroatoms. The Morgan fingerprint density at radius 1 is 1.38 bits per heavy atom. The van der Waals surface area contributed by atoms with Crippen LogP contribution in [-0.4, -0.2) is 65.4 Å². The lowest BCUT2D eigenvalue weighted by Gasteiger charge is -2.22. The predicted octanol–water partition coefficient (Wildman–Crippen LogP) is 2.02. The van der Waals surface area contributed by atoms with Crippen LogP contribution in [0.25, 0.3) is 10.4 Å². The van der Waals surface area contributed by atoms with Crippen molar-refractivity contribution in [2.45, 2.75) is 52.5 Å². The molecule has 1 aliphatic heterocycles. The number of nitrogens with one attached hydrogen (secondary N) is 2. The number of H-pyrrole nitrogens is 1. The molecule has 206 valence electrons. The van der Waals surface area contributed by atoms with Crippen LogP contribution < -0.4 is 16.3 Å². The number of thioether (sulfide) groups is 1. The van der Waals surface area contributed by atoms with Gasteiger partial charge in [0.1, 0.15) is 12.8 Å². The molecule has 0 saturated carbocycles. The number of carbonyl (C=O) groups excluding carboxylic acids is 2. The molecule has 1 aromatic heterocycles. The van der Waals surface area contributed by atoms with Crippen molar-refractivity contribution in [1.82, 2.24) is 14.6 Å². The Hall–Kier alpha value is -2.45. The Bertz CT molecular complexity index is 1190. The summed E-state index contributed by atoms with van der Waals surface area (Å²) >= 11 is 1.01. The average molecular weight is 563 g/mol. The van der Waals surface area contributed by atoms with Gasteiger partial charge in [0.15, 0.2) is 5.12 Å². The summed E-state index contributed by atoms with van der Waals surface area (Å²) in [7, 11) is -2.95. The highest BCUT2D eigenvalue weighted by Crippen LogP contribution is 2.45. The average Bonchev–Trinajstić information content (AvgIpc) is 3.23. The normalized spacial score (nSPS) is 21.2. The van der Waals surface area contributed by atoms with Crippen LogP contribution in [0.4, 0.5) is 0 Å². The lowest BCUT2D eigenvalue weighted by atomic mass is 10.00. The van der Waals surface area contributed by atoms with Crippen LogP contribution >= 0.6 is 19.5 Å². The molecule has 1 fully saturated rings. The molecule has 0 bridgehead atoms. The number of methoxy groups -OCH3 is 1. The fourth-order valence-electron chi connectivity index (χ4n) is 3.07. The molecule has 4 atom stereocenters. The summed E-state index contributed by atoms with van der Waals surface area (Å²) < 4.78 is 35.7. The molecule has 37 heavy (non-hydrogen) atoms. The summed E-state index contributed by atoms with van der Waals surface area (Å²) in [5.74, 6) is -0.539. The van der Waals surface area contributed by atoms with Gasteiger partial charge in [0.2, 0.25) is 0 Å². The minimum absolute atomic E-state index is 0.0790. The van der Waals surface area contributed by atoms with E-state index in [9.17, 15) is 23.7 Å². The van der Waals surface area contributed by atoms with Crippen LogP contribution in [0.15, 0.2) is 20.9 Å². The summed E-state index contributed by atoms with van der Waals surface area (Å²) in [6.07, 6.45) is -0.426. The van der Waals surface area contributed by atoms with Crippen molar-refractivity contribution in [3.05, 3.63) is 43.0 Å². The van der Waals surface area contributed by atoms with Crippen LogP contribution in [0, 0.1) is 12.3 Å². The van der Waals surface area contributed by atoms with E-state index in [2.05, 4.69) is 24.8 Å². The van der Waals surface area contributed by atoms with Crippen molar-refractivity contribution in [3.8, 4) is 0 Å². The number of aromatic amines is 1. The van der Waals surface area contributed by atoms with E-state index < -0.39 is 61.9 Å². The third-order valence-electron chi connectivity index (χ3n) is 5.10. The highest BCUT2D eigenvalue weighted by Gasteiger charge is 2.39. The first-order valence-electron chi connectivity index (χ1n) is 11.2. The zero-order valence-electron chi connectivity index (χ0n) is 21.2. The maximum atomic E-state index is 13.3. The lowest BCUT2D eigenvalue weighted by Crippen LogP contribution is -2.33. The molecule has 0 aliphatic carbocycles. The molecule has 1 saturated heterocycles. The molecule has 2 N–H and O–H groups in total. The van der Waals surface area contributed by atoms with Crippen molar-refractivity contribution in [1.29, 1.82) is 0 Å².